The molecule has 1 aromatic heterocycles. The molecule has 3 nitrogen and oxygen atoms in total. The number of fused-ring (bicyclic) bond motifs is 1. The minimum atomic E-state index is 0.789. The van der Waals surface area contributed by atoms with Gasteiger partial charge in [0.05, 0.1) is 6.61 Å². The number of aryl methyl sites for hydroxylation is 1. The van der Waals surface area contributed by atoms with Crippen LogP contribution in [-0.2, 0) is 6.42 Å². The molecule has 0 fully saturated rings. The first-order valence-corrected chi connectivity index (χ1v) is 6.26. The minimum absolute atomic E-state index is 0.789. The van der Waals surface area contributed by atoms with Gasteiger partial charge in [-0.05, 0) is 31.4 Å². The zero-order valence-electron chi connectivity index (χ0n) is 9.96. The van der Waals surface area contributed by atoms with Crippen LogP contribution >= 0.6 is 0 Å². The van der Waals surface area contributed by atoms with Crippen LogP contribution in [0.25, 0.3) is 0 Å². The molecule has 0 atom stereocenters. The maximum absolute atomic E-state index is 5.60. The van der Waals surface area contributed by atoms with E-state index in [0.717, 1.165) is 37.6 Å². The van der Waals surface area contributed by atoms with Crippen LogP contribution in [0.3, 0.4) is 0 Å². The average Bonchev–Trinajstić information content (AvgIpc) is 2.54. The Hall–Kier alpha value is -1.25. The fourth-order valence-corrected chi connectivity index (χ4v) is 1.89. The highest BCUT2D eigenvalue weighted by atomic mass is 16.5. The second kappa shape index (κ2) is 5.73. The molecule has 0 saturated heterocycles. The van der Waals surface area contributed by atoms with Crippen LogP contribution in [0.5, 0.6) is 5.75 Å². The Kier molecular flexibility index (Phi) is 4.03. The molecule has 1 aromatic rings. The highest BCUT2D eigenvalue weighted by Crippen LogP contribution is 2.24. The smallest absolute Gasteiger partial charge is 0.169 e. The molecule has 0 aromatic carbocycles. The highest BCUT2D eigenvalue weighted by molar-refractivity contribution is 5.51. The molecule has 1 aliphatic heterocycles. The van der Waals surface area contributed by atoms with E-state index in [1.807, 2.05) is 6.07 Å². The molecule has 88 valence electrons. The molecule has 0 radical (unpaired) electrons. The van der Waals surface area contributed by atoms with Crippen molar-refractivity contribution in [3.8, 4) is 5.75 Å². The number of ether oxygens (including phenoxy) is 1. The third-order valence-corrected chi connectivity index (χ3v) is 2.82. The molecule has 1 aliphatic rings. The summed E-state index contributed by atoms with van der Waals surface area (Å²) >= 11 is 0. The van der Waals surface area contributed by atoms with E-state index in [9.17, 15) is 0 Å². The predicted molar refractivity (Wildman–Crippen MR) is 66.1 cm³/mol. The zero-order valence-corrected chi connectivity index (χ0v) is 9.96. The van der Waals surface area contributed by atoms with Crippen molar-refractivity contribution in [2.24, 2.45) is 0 Å². The van der Waals surface area contributed by atoms with E-state index < -0.39 is 0 Å². The Morgan fingerprint density at radius 3 is 3.19 bits per heavy atom. The largest absolute Gasteiger partial charge is 0.490 e. The van der Waals surface area contributed by atoms with Crippen LogP contribution in [0.4, 0.5) is 5.82 Å². The SMILES string of the molecule is CCCCCc1ccc2c(n1)NCCCO2. The van der Waals surface area contributed by atoms with Crippen molar-refractivity contribution in [2.75, 3.05) is 18.5 Å². The molecular weight excluding hydrogens is 200 g/mol. The number of anilines is 1. The van der Waals surface area contributed by atoms with Crippen molar-refractivity contribution in [3.63, 3.8) is 0 Å². The lowest BCUT2D eigenvalue weighted by atomic mass is 10.1. The lowest BCUT2D eigenvalue weighted by Crippen LogP contribution is -2.02. The van der Waals surface area contributed by atoms with Gasteiger partial charge in [0.15, 0.2) is 11.6 Å². The van der Waals surface area contributed by atoms with Crippen LogP contribution in [0.2, 0.25) is 0 Å². The van der Waals surface area contributed by atoms with Crippen molar-refractivity contribution in [1.29, 1.82) is 0 Å². The monoisotopic (exact) mass is 220 g/mol. The predicted octanol–water partition coefficient (Wildman–Crippen LogP) is 3.01. The summed E-state index contributed by atoms with van der Waals surface area (Å²) < 4.78 is 5.60. The van der Waals surface area contributed by atoms with E-state index in [4.69, 9.17) is 4.74 Å². The molecular formula is C13H20N2O. The first-order chi connectivity index (χ1) is 7.90. The van der Waals surface area contributed by atoms with Crippen molar-refractivity contribution in [2.45, 2.75) is 39.0 Å². The van der Waals surface area contributed by atoms with Crippen molar-refractivity contribution < 1.29 is 4.74 Å². The van der Waals surface area contributed by atoms with Crippen molar-refractivity contribution >= 4 is 5.82 Å². The summed E-state index contributed by atoms with van der Waals surface area (Å²) in [7, 11) is 0. The van der Waals surface area contributed by atoms with E-state index >= 15 is 0 Å². The molecule has 0 saturated carbocycles. The van der Waals surface area contributed by atoms with Gasteiger partial charge in [-0.15, -0.1) is 0 Å². The number of pyridine rings is 1. The Morgan fingerprint density at radius 1 is 1.38 bits per heavy atom. The Morgan fingerprint density at radius 2 is 2.31 bits per heavy atom. The second-order valence-corrected chi connectivity index (χ2v) is 4.24. The minimum Gasteiger partial charge on any atom is -0.490 e. The van der Waals surface area contributed by atoms with Gasteiger partial charge in [0.2, 0.25) is 0 Å². The topological polar surface area (TPSA) is 34.2 Å². The number of rotatable bonds is 4. The Bertz CT molecular complexity index is 339. The molecule has 0 aliphatic carbocycles. The number of nitrogens with one attached hydrogen (secondary N) is 1. The van der Waals surface area contributed by atoms with E-state index in [-0.39, 0.29) is 0 Å². The fourth-order valence-electron chi connectivity index (χ4n) is 1.89. The number of unbranched alkanes of at least 4 members (excludes halogenated alkanes) is 2. The summed E-state index contributed by atoms with van der Waals surface area (Å²) in [6.07, 6.45) is 5.88. The highest BCUT2D eigenvalue weighted by Gasteiger charge is 2.09. The van der Waals surface area contributed by atoms with Gasteiger partial charge in [0, 0.05) is 12.2 Å². The van der Waals surface area contributed by atoms with Crippen molar-refractivity contribution in [1.82, 2.24) is 4.98 Å². The third kappa shape index (κ3) is 2.87. The zero-order chi connectivity index (χ0) is 11.2. The van der Waals surface area contributed by atoms with Gasteiger partial charge in [-0.25, -0.2) is 4.98 Å². The maximum atomic E-state index is 5.60. The molecule has 0 unspecified atom stereocenters. The van der Waals surface area contributed by atoms with E-state index in [1.165, 1.54) is 25.0 Å². The number of hydrogen-bond donors (Lipinski definition) is 1. The summed E-state index contributed by atoms with van der Waals surface area (Å²) in [6.45, 7) is 3.97. The first kappa shape index (κ1) is 11.2. The number of nitrogens with zero attached hydrogens (tertiary/aromatic N) is 1. The van der Waals surface area contributed by atoms with Gasteiger partial charge in [-0.1, -0.05) is 19.8 Å². The summed E-state index contributed by atoms with van der Waals surface area (Å²) in [5.74, 6) is 1.82. The summed E-state index contributed by atoms with van der Waals surface area (Å²) in [5.41, 5.74) is 1.17. The Labute approximate surface area is 97.2 Å². The van der Waals surface area contributed by atoms with Gasteiger partial charge < -0.3 is 10.1 Å². The summed E-state index contributed by atoms with van der Waals surface area (Å²) in [6, 6.07) is 4.13. The molecule has 1 N–H and O–H groups in total. The molecule has 2 heterocycles. The van der Waals surface area contributed by atoms with E-state index in [0.29, 0.717) is 0 Å². The number of hydrogen-bond acceptors (Lipinski definition) is 3. The maximum Gasteiger partial charge on any atom is 0.169 e. The van der Waals surface area contributed by atoms with Gasteiger partial charge in [-0.2, -0.15) is 0 Å². The second-order valence-electron chi connectivity index (χ2n) is 4.24. The molecule has 0 amide bonds. The van der Waals surface area contributed by atoms with Crippen LogP contribution in [0.15, 0.2) is 12.1 Å². The average molecular weight is 220 g/mol. The molecule has 0 spiro atoms. The summed E-state index contributed by atoms with van der Waals surface area (Å²) in [5, 5.41) is 3.32. The number of aromatic nitrogens is 1. The molecule has 3 heteroatoms. The fraction of sp³-hybridized carbons (Fsp3) is 0.615. The quantitative estimate of drug-likeness (QED) is 0.792. The lowest BCUT2D eigenvalue weighted by molar-refractivity contribution is 0.322. The third-order valence-electron chi connectivity index (χ3n) is 2.82. The van der Waals surface area contributed by atoms with Crippen LogP contribution < -0.4 is 10.1 Å². The standard InChI is InChI=1S/C13H20N2O/c1-2-3-4-6-11-7-8-12-13(15-11)14-9-5-10-16-12/h7-8H,2-6,9-10H2,1H3,(H,14,15). The molecule has 0 bridgehead atoms. The molecule has 2 rings (SSSR count). The van der Waals surface area contributed by atoms with Gasteiger partial charge in [0.1, 0.15) is 0 Å². The van der Waals surface area contributed by atoms with Crippen LogP contribution in [-0.4, -0.2) is 18.1 Å². The van der Waals surface area contributed by atoms with Crippen molar-refractivity contribution in [3.05, 3.63) is 17.8 Å². The van der Waals surface area contributed by atoms with Gasteiger partial charge >= 0.3 is 0 Å². The summed E-state index contributed by atoms with van der Waals surface area (Å²) in [4.78, 5) is 4.61. The lowest BCUT2D eigenvalue weighted by Gasteiger charge is -2.08. The van der Waals surface area contributed by atoms with Gasteiger partial charge in [-0.3, -0.25) is 0 Å². The van der Waals surface area contributed by atoms with Gasteiger partial charge in [0.25, 0.3) is 0 Å². The van der Waals surface area contributed by atoms with E-state index in [1.54, 1.807) is 0 Å². The normalized spacial score (nSPS) is 14.6. The molecule has 16 heavy (non-hydrogen) atoms. The van der Waals surface area contributed by atoms with Crippen LogP contribution in [0, 0.1) is 0 Å². The first-order valence-electron chi connectivity index (χ1n) is 6.26. The van der Waals surface area contributed by atoms with E-state index in [2.05, 4.69) is 23.3 Å². The van der Waals surface area contributed by atoms with Crippen LogP contribution in [0.1, 0.15) is 38.3 Å². The Balaban J connectivity index is 2.02.